The van der Waals surface area contributed by atoms with Crippen molar-refractivity contribution in [2.45, 2.75) is 19.9 Å². The average molecular weight is 297 g/mol. The number of halogens is 1. The predicted molar refractivity (Wildman–Crippen MR) is 81.9 cm³/mol. The van der Waals surface area contributed by atoms with Gasteiger partial charge in [-0.2, -0.15) is 0 Å². The number of anilines is 1. The lowest BCUT2D eigenvalue weighted by molar-refractivity contribution is 0.0596. The van der Waals surface area contributed by atoms with Gasteiger partial charge in [0.2, 0.25) is 0 Å². The molecule has 110 valence electrons. The van der Waals surface area contributed by atoms with E-state index < -0.39 is 0 Å². The summed E-state index contributed by atoms with van der Waals surface area (Å²) in [6.45, 7) is 7.60. The van der Waals surface area contributed by atoms with Gasteiger partial charge in [0.05, 0.1) is 11.3 Å². The molecule has 0 aliphatic carbocycles. The highest BCUT2D eigenvalue weighted by Crippen LogP contribution is 2.22. The van der Waals surface area contributed by atoms with Gasteiger partial charge in [-0.1, -0.05) is 11.6 Å². The predicted octanol–water partition coefficient (Wildman–Crippen LogP) is 1.79. The van der Waals surface area contributed by atoms with Crippen LogP contribution in [0.5, 0.6) is 0 Å². The van der Waals surface area contributed by atoms with Crippen molar-refractivity contribution in [2.75, 3.05) is 31.6 Å². The van der Waals surface area contributed by atoms with Gasteiger partial charge in [-0.3, -0.25) is 15.5 Å². The molecule has 1 aliphatic rings. The van der Waals surface area contributed by atoms with Crippen LogP contribution >= 0.6 is 11.6 Å². The van der Waals surface area contributed by atoms with E-state index in [1.54, 1.807) is 18.2 Å². The summed E-state index contributed by atoms with van der Waals surface area (Å²) in [5.74, 6) is 5.43. The number of carbonyl (C=O) groups is 1. The molecule has 1 aromatic carbocycles. The summed E-state index contributed by atoms with van der Waals surface area (Å²) in [6, 6.07) is 5.61. The molecule has 1 aromatic rings. The second-order valence-corrected chi connectivity index (χ2v) is 5.69. The lowest BCUT2D eigenvalue weighted by Gasteiger charge is -2.37. The number of nitrogens with one attached hydrogen (secondary N) is 1. The van der Waals surface area contributed by atoms with E-state index in [2.05, 4.69) is 24.2 Å². The molecule has 1 amide bonds. The van der Waals surface area contributed by atoms with Gasteiger partial charge in [0, 0.05) is 37.2 Å². The minimum Gasteiger partial charge on any atom is -0.336 e. The molecule has 0 saturated carbocycles. The fourth-order valence-corrected chi connectivity index (χ4v) is 2.60. The maximum Gasteiger partial charge on any atom is 0.256 e. The van der Waals surface area contributed by atoms with Crippen LogP contribution in [-0.2, 0) is 0 Å². The zero-order valence-electron chi connectivity index (χ0n) is 11.9. The van der Waals surface area contributed by atoms with Crippen molar-refractivity contribution in [3.05, 3.63) is 28.8 Å². The van der Waals surface area contributed by atoms with E-state index in [-0.39, 0.29) is 5.91 Å². The lowest BCUT2D eigenvalue weighted by atomic mass is 10.1. The van der Waals surface area contributed by atoms with Crippen LogP contribution in [-0.4, -0.2) is 47.9 Å². The zero-order chi connectivity index (χ0) is 14.7. The Morgan fingerprint density at radius 2 is 1.95 bits per heavy atom. The number of benzene rings is 1. The van der Waals surface area contributed by atoms with Crippen LogP contribution in [0.25, 0.3) is 0 Å². The number of hydrazine groups is 1. The zero-order valence-corrected chi connectivity index (χ0v) is 12.7. The van der Waals surface area contributed by atoms with E-state index in [1.807, 2.05) is 4.90 Å². The third-order valence-electron chi connectivity index (χ3n) is 3.70. The number of nitrogen functional groups attached to an aromatic ring is 1. The van der Waals surface area contributed by atoms with Crippen molar-refractivity contribution in [3.63, 3.8) is 0 Å². The van der Waals surface area contributed by atoms with Crippen LogP contribution < -0.4 is 11.3 Å². The molecule has 3 N–H and O–H groups in total. The summed E-state index contributed by atoms with van der Waals surface area (Å²) in [6.07, 6.45) is 0. The fourth-order valence-electron chi connectivity index (χ4n) is 2.43. The van der Waals surface area contributed by atoms with E-state index in [9.17, 15) is 4.79 Å². The van der Waals surface area contributed by atoms with Crippen molar-refractivity contribution in [2.24, 2.45) is 5.84 Å². The van der Waals surface area contributed by atoms with Crippen LogP contribution in [0.2, 0.25) is 5.02 Å². The smallest absolute Gasteiger partial charge is 0.256 e. The summed E-state index contributed by atoms with van der Waals surface area (Å²) in [4.78, 5) is 16.8. The maximum atomic E-state index is 12.6. The normalized spacial score (nSPS) is 16.6. The third-order valence-corrected chi connectivity index (χ3v) is 3.93. The average Bonchev–Trinajstić information content (AvgIpc) is 2.46. The number of rotatable bonds is 3. The van der Waals surface area contributed by atoms with E-state index >= 15 is 0 Å². The molecule has 1 fully saturated rings. The summed E-state index contributed by atoms with van der Waals surface area (Å²) in [5.41, 5.74) is 3.68. The van der Waals surface area contributed by atoms with E-state index in [0.29, 0.717) is 22.3 Å². The van der Waals surface area contributed by atoms with Gasteiger partial charge in [-0.15, -0.1) is 0 Å². The maximum absolute atomic E-state index is 12.6. The first-order valence-electron chi connectivity index (χ1n) is 6.82. The molecule has 0 spiro atoms. The number of hydrogen-bond acceptors (Lipinski definition) is 4. The Morgan fingerprint density at radius 3 is 2.50 bits per heavy atom. The van der Waals surface area contributed by atoms with Crippen LogP contribution in [0.1, 0.15) is 24.2 Å². The van der Waals surface area contributed by atoms with Crippen molar-refractivity contribution in [3.8, 4) is 0 Å². The fraction of sp³-hybridized carbons (Fsp3) is 0.500. The van der Waals surface area contributed by atoms with E-state index in [1.165, 1.54) is 0 Å². The molecule has 1 aliphatic heterocycles. The second-order valence-electron chi connectivity index (χ2n) is 5.26. The highest BCUT2D eigenvalue weighted by Gasteiger charge is 2.24. The monoisotopic (exact) mass is 296 g/mol. The Labute approximate surface area is 124 Å². The topological polar surface area (TPSA) is 61.6 Å². The van der Waals surface area contributed by atoms with Gasteiger partial charge in [0.25, 0.3) is 5.91 Å². The first kappa shape index (κ1) is 15.1. The number of nitrogens with two attached hydrogens (primary N) is 1. The molecule has 2 rings (SSSR count). The van der Waals surface area contributed by atoms with Gasteiger partial charge in [0.1, 0.15) is 0 Å². The Balaban J connectivity index is 2.11. The van der Waals surface area contributed by atoms with Crippen molar-refractivity contribution >= 4 is 23.2 Å². The van der Waals surface area contributed by atoms with Gasteiger partial charge in [0.15, 0.2) is 0 Å². The molecular weight excluding hydrogens is 276 g/mol. The first-order valence-corrected chi connectivity index (χ1v) is 7.20. The Bertz CT molecular complexity index is 484. The minimum absolute atomic E-state index is 0.0242. The summed E-state index contributed by atoms with van der Waals surface area (Å²) < 4.78 is 0. The number of carbonyl (C=O) groups excluding carboxylic acids is 1. The van der Waals surface area contributed by atoms with Crippen molar-refractivity contribution < 1.29 is 4.79 Å². The Morgan fingerprint density at radius 1 is 1.30 bits per heavy atom. The van der Waals surface area contributed by atoms with Crippen LogP contribution in [0.4, 0.5) is 5.69 Å². The molecule has 5 nitrogen and oxygen atoms in total. The molecular formula is C14H21ClN4O. The number of nitrogens with zero attached hydrogens (tertiary/aromatic N) is 2. The van der Waals surface area contributed by atoms with Crippen molar-refractivity contribution in [1.82, 2.24) is 9.80 Å². The summed E-state index contributed by atoms with van der Waals surface area (Å²) >= 11 is 5.97. The first-order chi connectivity index (χ1) is 9.52. The van der Waals surface area contributed by atoms with Crippen LogP contribution in [0.3, 0.4) is 0 Å². The molecule has 1 heterocycles. The minimum atomic E-state index is -0.0242. The molecule has 0 unspecified atom stereocenters. The standard InChI is InChI=1S/C14H21ClN4O/c1-10(2)18-5-7-19(8-6-18)14(20)12-9-11(15)3-4-13(12)17-16/h3-4,9-10,17H,5-8,16H2,1-2H3. The van der Waals surface area contributed by atoms with Gasteiger partial charge in [-0.25, -0.2) is 0 Å². The molecule has 0 radical (unpaired) electrons. The highest BCUT2D eigenvalue weighted by molar-refractivity contribution is 6.31. The second kappa shape index (κ2) is 6.43. The number of hydrogen-bond donors (Lipinski definition) is 2. The van der Waals surface area contributed by atoms with Crippen LogP contribution in [0, 0.1) is 0 Å². The molecule has 20 heavy (non-hydrogen) atoms. The highest BCUT2D eigenvalue weighted by atomic mass is 35.5. The quantitative estimate of drug-likeness (QED) is 0.659. The lowest BCUT2D eigenvalue weighted by Crippen LogP contribution is -2.50. The van der Waals surface area contributed by atoms with Gasteiger partial charge >= 0.3 is 0 Å². The summed E-state index contributed by atoms with van der Waals surface area (Å²) in [5, 5.41) is 0.535. The number of amides is 1. The molecule has 6 heteroatoms. The Kier molecular flexibility index (Phi) is 4.86. The largest absolute Gasteiger partial charge is 0.336 e. The summed E-state index contributed by atoms with van der Waals surface area (Å²) in [7, 11) is 0. The van der Waals surface area contributed by atoms with Gasteiger partial charge in [-0.05, 0) is 32.0 Å². The van der Waals surface area contributed by atoms with E-state index in [4.69, 9.17) is 17.4 Å². The van der Waals surface area contributed by atoms with Gasteiger partial charge < -0.3 is 10.3 Å². The SMILES string of the molecule is CC(C)N1CCN(C(=O)c2cc(Cl)ccc2NN)CC1. The molecule has 0 bridgehead atoms. The molecule has 1 saturated heterocycles. The Hall–Kier alpha value is -1.30. The number of piperazine rings is 1. The molecule has 0 aromatic heterocycles. The third kappa shape index (κ3) is 3.23. The molecule has 0 atom stereocenters. The van der Waals surface area contributed by atoms with Crippen molar-refractivity contribution in [1.29, 1.82) is 0 Å². The van der Waals surface area contributed by atoms with E-state index in [0.717, 1.165) is 26.2 Å². The van der Waals surface area contributed by atoms with Crippen LogP contribution in [0.15, 0.2) is 18.2 Å².